The van der Waals surface area contributed by atoms with Crippen LogP contribution >= 0.6 is 0 Å². The number of amides is 1. The highest BCUT2D eigenvalue weighted by atomic mass is 32.2. The van der Waals surface area contributed by atoms with Gasteiger partial charge in [-0.05, 0) is 76.8 Å². The summed E-state index contributed by atoms with van der Waals surface area (Å²) in [5.41, 5.74) is 0.797. The van der Waals surface area contributed by atoms with Crippen molar-refractivity contribution in [2.75, 3.05) is 31.8 Å². The molecule has 1 aliphatic heterocycles. The second kappa shape index (κ2) is 11.2. The maximum atomic E-state index is 13.6. The Hall–Kier alpha value is -2.58. The van der Waals surface area contributed by atoms with Gasteiger partial charge in [-0.25, -0.2) is 8.42 Å². The number of nitrogens with one attached hydrogen (secondary N) is 1. The van der Waals surface area contributed by atoms with E-state index in [4.69, 9.17) is 4.74 Å². The molecule has 0 aromatic heterocycles. The van der Waals surface area contributed by atoms with Gasteiger partial charge in [-0.15, -0.1) is 0 Å². The van der Waals surface area contributed by atoms with Crippen LogP contribution in [0.3, 0.4) is 0 Å². The summed E-state index contributed by atoms with van der Waals surface area (Å²) in [5.74, 6) is 0.680. The van der Waals surface area contributed by atoms with Crippen molar-refractivity contribution in [1.82, 2.24) is 9.80 Å². The third-order valence-corrected chi connectivity index (χ3v) is 9.78. The highest BCUT2D eigenvalue weighted by molar-refractivity contribution is 7.91. The van der Waals surface area contributed by atoms with E-state index in [0.29, 0.717) is 35.7 Å². The van der Waals surface area contributed by atoms with Gasteiger partial charge in [0, 0.05) is 24.7 Å². The monoisotopic (exact) mass is 513 g/mol. The topological polar surface area (TPSA) is 79.0 Å². The quantitative estimate of drug-likeness (QED) is 0.545. The van der Waals surface area contributed by atoms with E-state index >= 15 is 0 Å². The van der Waals surface area contributed by atoms with Crippen LogP contribution in [-0.4, -0.2) is 74.7 Å². The Balaban J connectivity index is 1.54. The lowest BCUT2D eigenvalue weighted by molar-refractivity contribution is -0.132. The minimum atomic E-state index is -3.47. The molecule has 4 atom stereocenters. The second-order valence-corrected chi connectivity index (χ2v) is 12.4. The third-order valence-electron chi connectivity index (χ3n) is 7.92. The van der Waals surface area contributed by atoms with Crippen LogP contribution in [0.4, 0.5) is 5.69 Å². The molecule has 7 nitrogen and oxygen atoms in total. The Labute approximate surface area is 215 Å². The van der Waals surface area contributed by atoms with Crippen LogP contribution in [0.2, 0.25) is 0 Å². The van der Waals surface area contributed by atoms with Gasteiger partial charge in [0.1, 0.15) is 11.8 Å². The summed E-state index contributed by atoms with van der Waals surface area (Å²) in [7, 11) is 0.267. The summed E-state index contributed by atoms with van der Waals surface area (Å²) < 4.78 is 32.2. The van der Waals surface area contributed by atoms with E-state index < -0.39 is 9.84 Å². The molecule has 2 aliphatic rings. The predicted molar refractivity (Wildman–Crippen MR) is 143 cm³/mol. The van der Waals surface area contributed by atoms with E-state index in [2.05, 4.69) is 31.1 Å². The van der Waals surface area contributed by atoms with Crippen LogP contribution in [0.15, 0.2) is 59.5 Å². The summed E-state index contributed by atoms with van der Waals surface area (Å²) in [6, 6.07) is 16.5. The molecule has 2 aromatic carbocycles. The first kappa shape index (κ1) is 26.5. The highest BCUT2D eigenvalue weighted by Gasteiger charge is 2.44. The summed E-state index contributed by atoms with van der Waals surface area (Å²) >= 11 is 0. The van der Waals surface area contributed by atoms with Crippen molar-refractivity contribution in [3.63, 3.8) is 0 Å². The van der Waals surface area contributed by atoms with E-state index in [1.807, 2.05) is 35.2 Å². The number of anilines is 1. The lowest BCUT2D eigenvalue weighted by Crippen LogP contribution is -2.52. The van der Waals surface area contributed by atoms with E-state index in [9.17, 15) is 13.2 Å². The van der Waals surface area contributed by atoms with Gasteiger partial charge >= 0.3 is 0 Å². The molecule has 1 saturated heterocycles. The molecule has 1 aliphatic carbocycles. The fourth-order valence-electron chi connectivity index (χ4n) is 5.73. The largest absolute Gasteiger partial charge is 0.495 e. The Bertz CT molecular complexity index is 1140. The molecule has 0 radical (unpaired) electrons. The van der Waals surface area contributed by atoms with Gasteiger partial charge in [-0.1, -0.05) is 30.3 Å². The lowest BCUT2D eigenvalue weighted by Gasteiger charge is -2.44. The number of carbonyl (C=O) groups is 1. The van der Waals surface area contributed by atoms with E-state index in [-0.39, 0.29) is 29.7 Å². The fourth-order valence-corrected chi connectivity index (χ4v) is 7.41. The molecular weight excluding hydrogens is 474 g/mol. The first-order valence-corrected chi connectivity index (χ1v) is 14.6. The predicted octanol–water partition coefficient (Wildman–Crippen LogP) is 4.06. The number of sulfone groups is 1. The number of hydrogen-bond donors (Lipinski definition) is 1. The zero-order valence-corrected chi connectivity index (χ0v) is 22.6. The molecule has 8 heteroatoms. The summed E-state index contributed by atoms with van der Waals surface area (Å²) in [5, 5.41) is 3.37. The number of ether oxygens (including phenoxy) is 1. The van der Waals surface area contributed by atoms with Crippen molar-refractivity contribution in [3.8, 4) is 5.75 Å². The van der Waals surface area contributed by atoms with Gasteiger partial charge in [-0.2, -0.15) is 0 Å². The number of rotatable bonds is 9. The van der Waals surface area contributed by atoms with Crippen LogP contribution in [0.25, 0.3) is 0 Å². The highest BCUT2D eigenvalue weighted by Crippen LogP contribution is 2.36. The van der Waals surface area contributed by atoms with Crippen LogP contribution in [0.5, 0.6) is 5.75 Å². The van der Waals surface area contributed by atoms with Crippen LogP contribution < -0.4 is 10.1 Å². The lowest BCUT2D eigenvalue weighted by atomic mass is 9.81. The van der Waals surface area contributed by atoms with Crippen molar-refractivity contribution in [2.45, 2.75) is 68.6 Å². The minimum absolute atomic E-state index is 0.0451. The van der Waals surface area contributed by atoms with Gasteiger partial charge in [-0.3, -0.25) is 4.79 Å². The number of likely N-dealkylation sites (tertiary alicyclic amines) is 1. The molecule has 1 saturated carbocycles. The van der Waals surface area contributed by atoms with Crippen LogP contribution in [-0.2, 0) is 14.6 Å². The standard InChI is InChI=1S/C28H39N3O4S/c1-20(2)30(3)22-14-15-26(21(18-22)19-36(33,34)23-10-6-5-7-11-23)31-17-16-25(28(31)32)29-24-12-8-9-13-27(24)35-4/h5-13,20-22,25-26,29H,14-19H2,1-4H3/t21-,22?,25?,26?/m0/s1. The number of hydrogen-bond acceptors (Lipinski definition) is 6. The van der Waals surface area contributed by atoms with Crippen molar-refractivity contribution < 1.29 is 17.9 Å². The Morgan fingerprint density at radius 2 is 1.75 bits per heavy atom. The zero-order chi connectivity index (χ0) is 25.9. The third kappa shape index (κ3) is 5.70. The molecule has 2 fully saturated rings. The van der Waals surface area contributed by atoms with Gasteiger partial charge in [0.15, 0.2) is 9.84 Å². The summed E-state index contributed by atoms with van der Waals surface area (Å²) in [4.78, 5) is 18.2. The van der Waals surface area contributed by atoms with Gasteiger partial charge in [0.05, 0.1) is 23.4 Å². The number of methoxy groups -OCH3 is 1. The van der Waals surface area contributed by atoms with Crippen molar-refractivity contribution in [1.29, 1.82) is 0 Å². The molecular formula is C28H39N3O4S. The maximum absolute atomic E-state index is 13.6. The van der Waals surface area contributed by atoms with Crippen LogP contribution in [0.1, 0.15) is 39.5 Å². The van der Waals surface area contributed by atoms with E-state index in [1.54, 1.807) is 31.4 Å². The maximum Gasteiger partial charge on any atom is 0.245 e. The van der Waals surface area contributed by atoms with Gasteiger partial charge < -0.3 is 19.9 Å². The normalized spacial score (nSPS) is 24.9. The molecule has 2 aromatic rings. The van der Waals surface area contributed by atoms with Crippen molar-refractivity contribution >= 4 is 21.4 Å². The molecule has 1 amide bonds. The van der Waals surface area contributed by atoms with E-state index in [0.717, 1.165) is 24.9 Å². The average Bonchev–Trinajstić information content (AvgIpc) is 3.23. The first-order chi connectivity index (χ1) is 17.2. The molecule has 196 valence electrons. The van der Waals surface area contributed by atoms with Crippen LogP contribution in [0, 0.1) is 5.92 Å². The summed E-state index contributed by atoms with van der Waals surface area (Å²) in [6.45, 7) is 4.96. The Morgan fingerprint density at radius 1 is 1.06 bits per heavy atom. The van der Waals surface area contributed by atoms with E-state index in [1.165, 1.54) is 0 Å². The van der Waals surface area contributed by atoms with Crippen molar-refractivity contribution in [3.05, 3.63) is 54.6 Å². The molecule has 36 heavy (non-hydrogen) atoms. The smallest absolute Gasteiger partial charge is 0.245 e. The first-order valence-electron chi connectivity index (χ1n) is 12.9. The van der Waals surface area contributed by atoms with Gasteiger partial charge in [0.2, 0.25) is 5.91 Å². The van der Waals surface area contributed by atoms with Crippen molar-refractivity contribution in [2.24, 2.45) is 5.92 Å². The number of carbonyl (C=O) groups excluding carboxylic acids is 1. The molecule has 0 bridgehead atoms. The molecule has 3 unspecified atom stereocenters. The second-order valence-electron chi connectivity index (χ2n) is 10.4. The van der Waals surface area contributed by atoms with Gasteiger partial charge in [0.25, 0.3) is 0 Å². The number of benzene rings is 2. The molecule has 4 rings (SSSR count). The fraction of sp³-hybridized carbons (Fsp3) is 0.536. The SMILES string of the molecule is COc1ccccc1NC1CCN(C2CCC(N(C)C(C)C)C[C@H]2CS(=O)(=O)c2ccccc2)C1=O. The minimum Gasteiger partial charge on any atom is -0.495 e. The summed E-state index contributed by atoms with van der Waals surface area (Å²) in [6.07, 6.45) is 3.21. The number of para-hydroxylation sites is 2. The molecule has 1 heterocycles. The molecule has 0 spiro atoms. The zero-order valence-electron chi connectivity index (χ0n) is 21.8. The average molecular weight is 514 g/mol. The molecule has 1 N–H and O–H groups in total. The Kier molecular flexibility index (Phi) is 8.25. The number of nitrogens with zero attached hydrogens (tertiary/aromatic N) is 2. The Morgan fingerprint density at radius 3 is 2.44 bits per heavy atom.